The zero-order valence-electron chi connectivity index (χ0n) is 42.0. The van der Waals surface area contributed by atoms with Crippen LogP contribution in [0.25, 0.3) is 100 Å². The molecular weight excluding hydrogens is 951 g/mol. The highest BCUT2D eigenvalue weighted by atomic mass is 15.2. The fourth-order valence-electron chi connectivity index (χ4n) is 13.0. The third-order valence-corrected chi connectivity index (χ3v) is 16.2. The van der Waals surface area contributed by atoms with Crippen LogP contribution < -0.4 is 4.90 Å². The quantitative estimate of drug-likeness (QED) is 0.166. The summed E-state index contributed by atoms with van der Waals surface area (Å²) in [5, 5.41) is 16.2. The van der Waals surface area contributed by atoms with E-state index in [0.29, 0.717) is 23.0 Å². The van der Waals surface area contributed by atoms with Gasteiger partial charge < -0.3 is 14.0 Å². The first-order chi connectivity index (χ1) is 38.7. The largest absolute Gasteiger partial charge is 0.309 e. The van der Waals surface area contributed by atoms with Crippen molar-refractivity contribution in [2.75, 3.05) is 4.90 Å². The molecule has 78 heavy (non-hydrogen) atoms. The molecule has 4 heterocycles. The number of hydrogen-bond donors (Lipinski definition) is 0. The van der Waals surface area contributed by atoms with Crippen LogP contribution in [-0.2, 0) is 5.41 Å². The van der Waals surface area contributed by atoms with Crippen molar-refractivity contribution in [1.29, 1.82) is 5.26 Å². The van der Waals surface area contributed by atoms with Crippen LogP contribution in [-0.4, -0.2) is 24.1 Å². The second kappa shape index (κ2) is 16.9. The Balaban J connectivity index is 0.920. The number of nitrogens with zero attached hydrogens (tertiary/aromatic N) is 7. The molecule has 7 heteroatoms. The highest BCUT2D eigenvalue weighted by molar-refractivity contribution is 6.11. The van der Waals surface area contributed by atoms with E-state index in [2.05, 4.69) is 208 Å². The molecule has 7 nitrogen and oxygen atoms in total. The number of anilines is 3. The molecule has 362 valence electrons. The Bertz CT molecular complexity index is 4450. The molecule has 0 atom stereocenters. The van der Waals surface area contributed by atoms with Gasteiger partial charge >= 0.3 is 0 Å². The smallest absolute Gasteiger partial charge is 0.164 e. The lowest BCUT2D eigenvalue weighted by Crippen LogP contribution is -2.36. The summed E-state index contributed by atoms with van der Waals surface area (Å²) >= 11 is 0. The summed E-state index contributed by atoms with van der Waals surface area (Å²) in [6, 6.07) is 95.3. The fraction of sp³-hybridized carbons (Fsp3) is 0.0141. The minimum absolute atomic E-state index is 0.490. The van der Waals surface area contributed by atoms with E-state index in [0.717, 1.165) is 78.3 Å². The van der Waals surface area contributed by atoms with E-state index in [1.807, 2.05) is 72.8 Å². The van der Waals surface area contributed by atoms with Gasteiger partial charge in [-0.25, -0.2) is 15.0 Å². The Labute approximate surface area is 449 Å². The van der Waals surface area contributed by atoms with Crippen LogP contribution in [0.3, 0.4) is 0 Å². The van der Waals surface area contributed by atoms with Crippen molar-refractivity contribution in [1.82, 2.24) is 24.1 Å². The lowest BCUT2D eigenvalue weighted by Gasteiger charge is -2.45. The summed E-state index contributed by atoms with van der Waals surface area (Å²) in [6.45, 7) is 0. The van der Waals surface area contributed by atoms with Crippen LogP contribution >= 0.6 is 0 Å². The minimum Gasteiger partial charge on any atom is -0.309 e. The van der Waals surface area contributed by atoms with Crippen LogP contribution in [0.4, 0.5) is 17.1 Å². The standard InChI is InChI=1S/C71H43N7/c72-44-48-41-47(70-74-68(45-19-3-1-4-20-45)73-69(75-70)46-21-5-2-6-22-46)35-40-61(48)78-66-33-17-11-27-59(66)71(60-28-12-18-34-67(60)78)57-38-36-49(76-62-29-13-7-23-51(62)52-24-8-14-30-63(52)76)42-55(57)56-43-50(37-39-58(56)71)77-64-31-15-9-25-53(64)54-26-10-16-32-65(54)77/h1-43H. The maximum absolute atomic E-state index is 11.3. The monoisotopic (exact) mass is 993 g/mol. The normalized spacial score (nSPS) is 12.9. The lowest BCUT2D eigenvalue weighted by atomic mass is 9.64. The number of para-hydroxylation sites is 6. The van der Waals surface area contributed by atoms with Gasteiger partial charge in [-0.15, -0.1) is 0 Å². The van der Waals surface area contributed by atoms with Gasteiger partial charge in [-0.2, -0.15) is 5.26 Å². The molecule has 1 aliphatic carbocycles. The van der Waals surface area contributed by atoms with Gasteiger partial charge in [-0.1, -0.05) is 182 Å². The van der Waals surface area contributed by atoms with Gasteiger partial charge in [-0.05, 0) is 112 Å². The predicted molar refractivity (Wildman–Crippen MR) is 315 cm³/mol. The molecule has 0 fully saturated rings. The Morgan fingerprint density at radius 3 is 1.14 bits per heavy atom. The van der Waals surface area contributed by atoms with Crippen LogP contribution in [0, 0.1) is 11.3 Å². The van der Waals surface area contributed by atoms with E-state index in [4.69, 9.17) is 15.0 Å². The molecule has 16 rings (SSSR count). The molecule has 0 N–H and O–H groups in total. The van der Waals surface area contributed by atoms with E-state index in [1.54, 1.807) is 0 Å². The molecule has 0 saturated heterocycles. The number of hydrogen-bond acceptors (Lipinski definition) is 5. The van der Waals surface area contributed by atoms with Gasteiger partial charge in [-0.3, -0.25) is 0 Å². The number of aromatic nitrogens is 5. The molecule has 0 bridgehead atoms. The van der Waals surface area contributed by atoms with E-state index in [-0.39, 0.29) is 0 Å². The van der Waals surface area contributed by atoms with Crippen LogP contribution in [0.15, 0.2) is 261 Å². The predicted octanol–water partition coefficient (Wildman–Crippen LogP) is 17.1. The molecule has 11 aromatic carbocycles. The molecule has 14 aromatic rings. The summed E-state index contributed by atoms with van der Waals surface area (Å²) in [4.78, 5) is 17.3. The van der Waals surface area contributed by atoms with E-state index in [1.165, 1.54) is 43.8 Å². The molecule has 1 aliphatic heterocycles. The zero-order valence-corrected chi connectivity index (χ0v) is 42.0. The van der Waals surface area contributed by atoms with Gasteiger partial charge in [0.1, 0.15) is 6.07 Å². The third kappa shape index (κ3) is 6.23. The summed E-state index contributed by atoms with van der Waals surface area (Å²) in [7, 11) is 0. The van der Waals surface area contributed by atoms with Crippen molar-refractivity contribution in [3.63, 3.8) is 0 Å². The van der Waals surface area contributed by atoms with E-state index in [9.17, 15) is 5.26 Å². The minimum atomic E-state index is -0.744. The average Bonchev–Trinajstić information content (AvgIpc) is 4.26. The molecule has 0 saturated carbocycles. The maximum Gasteiger partial charge on any atom is 0.164 e. The van der Waals surface area contributed by atoms with Gasteiger partial charge in [0.05, 0.1) is 50.1 Å². The maximum atomic E-state index is 11.3. The van der Waals surface area contributed by atoms with Gasteiger partial charge in [0.25, 0.3) is 0 Å². The second-order valence-corrected chi connectivity index (χ2v) is 20.2. The van der Waals surface area contributed by atoms with Crippen LogP contribution in [0.5, 0.6) is 0 Å². The zero-order chi connectivity index (χ0) is 51.5. The molecular formula is C71H43N7. The molecule has 3 aromatic heterocycles. The molecule has 0 unspecified atom stereocenters. The van der Waals surface area contributed by atoms with Gasteiger partial charge in [0.15, 0.2) is 17.5 Å². The summed E-state index contributed by atoms with van der Waals surface area (Å²) in [6.07, 6.45) is 0. The van der Waals surface area contributed by atoms with Crippen LogP contribution in [0.2, 0.25) is 0 Å². The van der Waals surface area contributed by atoms with Crippen LogP contribution in [0.1, 0.15) is 27.8 Å². The Kier molecular flexibility index (Phi) is 9.48. The molecule has 0 radical (unpaired) electrons. The van der Waals surface area contributed by atoms with Gasteiger partial charge in [0.2, 0.25) is 0 Å². The van der Waals surface area contributed by atoms with Crippen molar-refractivity contribution < 1.29 is 0 Å². The molecule has 0 amide bonds. The van der Waals surface area contributed by atoms with Crippen molar-refractivity contribution in [2.45, 2.75) is 5.41 Å². The molecule has 2 aliphatic rings. The van der Waals surface area contributed by atoms with Gasteiger partial charge in [0, 0.05) is 49.6 Å². The Morgan fingerprint density at radius 1 is 0.321 bits per heavy atom. The first kappa shape index (κ1) is 43.7. The molecule has 1 spiro atoms. The topological polar surface area (TPSA) is 75.6 Å². The second-order valence-electron chi connectivity index (χ2n) is 20.2. The fourth-order valence-corrected chi connectivity index (χ4v) is 13.0. The Morgan fingerprint density at radius 2 is 0.705 bits per heavy atom. The summed E-state index contributed by atoms with van der Waals surface area (Å²) < 4.78 is 4.85. The first-order valence-corrected chi connectivity index (χ1v) is 26.3. The van der Waals surface area contributed by atoms with E-state index >= 15 is 0 Å². The number of rotatable bonds is 6. The van der Waals surface area contributed by atoms with E-state index < -0.39 is 5.41 Å². The third-order valence-electron chi connectivity index (χ3n) is 16.2. The first-order valence-electron chi connectivity index (χ1n) is 26.3. The number of fused-ring (bicyclic) bond motifs is 15. The Hall–Kier alpha value is -10.7. The lowest BCUT2D eigenvalue weighted by molar-refractivity contribution is 0.752. The highest BCUT2D eigenvalue weighted by Crippen LogP contribution is 2.64. The number of benzene rings is 11. The summed E-state index contributed by atoms with van der Waals surface area (Å²) in [5.41, 5.74) is 18.9. The summed E-state index contributed by atoms with van der Waals surface area (Å²) in [5.74, 6) is 1.62. The van der Waals surface area contributed by atoms with Crippen molar-refractivity contribution in [3.8, 4) is 62.7 Å². The van der Waals surface area contributed by atoms with Crippen molar-refractivity contribution in [3.05, 3.63) is 289 Å². The number of nitriles is 1. The highest BCUT2D eigenvalue weighted by Gasteiger charge is 2.52. The average molecular weight is 994 g/mol. The SMILES string of the molecule is N#Cc1cc(-c2nc(-c3ccccc3)nc(-c3ccccc3)n2)ccc1N1c2ccccc2C2(c3ccc(-n4c5ccccc5c5ccccc54)cc3-c3cc(-n4c5ccccc5c5ccccc54)ccc32)c2ccccc21. The van der Waals surface area contributed by atoms with Crippen molar-refractivity contribution in [2.24, 2.45) is 0 Å². The van der Waals surface area contributed by atoms with Crippen molar-refractivity contribution >= 4 is 60.7 Å².